The zero-order valence-corrected chi connectivity index (χ0v) is 12.7. The summed E-state index contributed by atoms with van der Waals surface area (Å²) in [5, 5.41) is 7.22. The Hall–Kier alpha value is -2.60. The Morgan fingerprint density at radius 1 is 1.09 bits per heavy atom. The molecule has 3 aromatic rings. The molecule has 0 amide bonds. The van der Waals surface area contributed by atoms with Crippen LogP contribution in [0.2, 0.25) is 0 Å². The molecule has 0 saturated heterocycles. The smallest absolute Gasteiger partial charge is 0.231 e. The van der Waals surface area contributed by atoms with Gasteiger partial charge in [-0.3, -0.25) is 9.67 Å². The standard InChI is InChI=1S/C16H13N3O2S/c1-10-2-4-11(5-3-10)15-17-18-16(22)19(15)12-6-7-13-14(8-12)21-9-20-13/h2-8H,9H2,1H3,(H,18,22). The van der Waals surface area contributed by atoms with Crippen LogP contribution in [0.4, 0.5) is 0 Å². The molecule has 0 radical (unpaired) electrons. The quantitative estimate of drug-likeness (QED) is 0.734. The predicted molar refractivity (Wildman–Crippen MR) is 85.0 cm³/mol. The van der Waals surface area contributed by atoms with E-state index in [-0.39, 0.29) is 6.79 Å². The van der Waals surface area contributed by atoms with Gasteiger partial charge in [-0.05, 0) is 31.3 Å². The molecular formula is C16H13N3O2S. The molecule has 0 spiro atoms. The van der Waals surface area contributed by atoms with Crippen LogP contribution in [0, 0.1) is 11.7 Å². The van der Waals surface area contributed by atoms with Crippen molar-refractivity contribution in [1.29, 1.82) is 0 Å². The number of hydrogen-bond donors (Lipinski definition) is 1. The van der Waals surface area contributed by atoms with Gasteiger partial charge in [-0.2, -0.15) is 5.10 Å². The minimum atomic E-state index is 0.250. The van der Waals surface area contributed by atoms with Crippen molar-refractivity contribution >= 4 is 12.2 Å². The molecule has 22 heavy (non-hydrogen) atoms. The minimum absolute atomic E-state index is 0.250. The van der Waals surface area contributed by atoms with Crippen molar-refractivity contribution in [2.75, 3.05) is 6.79 Å². The fourth-order valence-electron chi connectivity index (χ4n) is 2.46. The molecular weight excluding hydrogens is 298 g/mol. The first-order chi connectivity index (χ1) is 10.7. The largest absolute Gasteiger partial charge is 0.454 e. The SMILES string of the molecule is Cc1ccc(-c2n[nH]c(=S)n2-c2ccc3c(c2)OCO3)cc1. The van der Waals surface area contributed by atoms with Gasteiger partial charge < -0.3 is 9.47 Å². The number of hydrogen-bond acceptors (Lipinski definition) is 4. The van der Waals surface area contributed by atoms with Crippen molar-refractivity contribution in [3.05, 3.63) is 52.8 Å². The fraction of sp³-hybridized carbons (Fsp3) is 0.125. The van der Waals surface area contributed by atoms with Crippen molar-refractivity contribution in [1.82, 2.24) is 14.8 Å². The van der Waals surface area contributed by atoms with Crippen LogP contribution in [0.5, 0.6) is 11.5 Å². The number of benzene rings is 2. The van der Waals surface area contributed by atoms with Crippen molar-refractivity contribution in [3.63, 3.8) is 0 Å². The van der Waals surface area contributed by atoms with E-state index in [0.717, 1.165) is 28.6 Å². The van der Waals surface area contributed by atoms with E-state index in [4.69, 9.17) is 21.7 Å². The molecule has 4 rings (SSSR count). The molecule has 0 saturated carbocycles. The van der Waals surface area contributed by atoms with Crippen LogP contribution in [0.1, 0.15) is 5.56 Å². The number of nitrogens with zero attached hydrogens (tertiary/aromatic N) is 2. The number of rotatable bonds is 2. The highest BCUT2D eigenvalue weighted by molar-refractivity contribution is 7.71. The first-order valence-corrected chi connectivity index (χ1v) is 7.28. The summed E-state index contributed by atoms with van der Waals surface area (Å²) >= 11 is 5.38. The summed E-state index contributed by atoms with van der Waals surface area (Å²) in [6.07, 6.45) is 0. The van der Waals surface area contributed by atoms with Crippen LogP contribution in [0.15, 0.2) is 42.5 Å². The van der Waals surface area contributed by atoms with Crippen LogP contribution in [-0.2, 0) is 0 Å². The third kappa shape index (κ3) is 2.08. The fourth-order valence-corrected chi connectivity index (χ4v) is 2.69. The Morgan fingerprint density at radius 2 is 1.86 bits per heavy atom. The zero-order chi connectivity index (χ0) is 15.1. The number of aryl methyl sites for hydroxylation is 1. The molecule has 1 N–H and O–H groups in total. The Morgan fingerprint density at radius 3 is 2.68 bits per heavy atom. The van der Waals surface area contributed by atoms with Gasteiger partial charge >= 0.3 is 0 Å². The van der Waals surface area contributed by atoms with Gasteiger partial charge in [-0.15, -0.1) is 0 Å². The summed E-state index contributed by atoms with van der Waals surface area (Å²) in [5.41, 5.74) is 3.08. The summed E-state index contributed by atoms with van der Waals surface area (Å²) in [7, 11) is 0. The highest BCUT2D eigenvalue weighted by Gasteiger charge is 2.16. The summed E-state index contributed by atoms with van der Waals surface area (Å²) in [4.78, 5) is 0. The van der Waals surface area contributed by atoms with Crippen molar-refractivity contribution in [2.24, 2.45) is 0 Å². The Labute approximate surface area is 132 Å². The molecule has 0 unspecified atom stereocenters. The molecule has 0 fully saturated rings. The Balaban J connectivity index is 1.87. The van der Waals surface area contributed by atoms with Gasteiger partial charge in [0.15, 0.2) is 22.1 Å². The van der Waals surface area contributed by atoms with E-state index in [1.165, 1.54) is 5.56 Å². The van der Waals surface area contributed by atoms with Gasteiger partial charge in [0.25, 0.3) is 0 Å². The minimum Gasteiger partial charge on any atom is -0.454 e. The normalized spacial score (nSPS) is 12.6. The van der Waals surface area contributed by atoms with Gasteiger partial charge in [-0.25, -0.2) is 0 Å². The summed E-state index contributed by atoms with van der Waals surface area (Å²) in [6, 6.07) is 13.9. The van der Waals surface area contributed by atoms with Crippen molar-refractivity contribution in [3.8, 4) is 28.6 Å². The summed E-state index contributed by atoms with van der Waals surface area (Å²) < 4.78 is 13.2. The van der Waals surface area contributed by atoms with Crippen molar-refractivity contribution in [2.45, 2.75) is 6.92 Å². The van der Waals surface area contributed by atoms with E-state index in [0.29, 0.717) is 4.77 Å². The molecule has 0 bridgehead atoms. The van der Waals surface area contributed by atoms with Gasteiger partial charge in [0.2, 0.25) is 6.79 Å². The third-order valence-electron chi connectivity index (χ3n) is 3.60. The topological polar surface area (TPSA) is 52.1 Å². The van der Waals surface area contributed by atoms with E-state index in [1.54, 1.807) is 0 Å². The highest BCUT2D eigenvalue weighted by atomic mass is 32.1. The van der Waals surface area contributed by atoms with E-state index >= 15 is 0 Å². The maximum Gasteiger partial charge on any atom is 0.231 e. The molecule has 2 heterocycles. The lowest BCUT2D eigenvalue weighted by Gasteiger charge is -2.08. The first-order valence-electron chi connectivity index (χ1n) is 6.87. The molecule has 110 valence electrons. The monoisotopic (exact) mass is 311 g/mol. The Kier molecular flexibility index (Phi) is 2.97. The number of nitrogens with one attached hydrogen (secondary N) is 1. The maximum atomic E-state index is 5.44. The maximum absolute atomic E-state index is 5.44. The Bertz CT molecular complexity index is 896. The second kappa shape index (κ2) is 4.99. The third-order valence-corrected chi connectivity index (χ3v) is 3.87. The molecule has 5 nitrogen and oxygen atoms in total. The van der Waals surface area contributed by atoms with Gasteiger partial charge in [-0.1, -0.05) is 29.8 Å². The second-order valence-electron chi connectivity index (χ2n) is 5.09. The van der Waals surface area contributed by atoms with Crippen LogP contribution < -0.4 is 9.47 Å². The average Bonchev–Trinajstić information content (AvgIpc) is 3.13. The van der Waals surface area contributed by atoms with E-state index in [9.17, 15) is 0 Å². The van der Waals surface area contributed by atoms with Crippen LogP contribution >= 0.6 is 12.2 Å². The molecule has 1 aliphatic rings. The van der Waals surface area contributed by atoms with Crippen molar-refractivity contribution < 1.29 is 9.47 Å². The number of aromatic amines is 1. The number of H-pyrrole nitrogens is 1. The van der Waals surface area contributed by atoms with E-state index < -0.39 is 0 Å². The lowest BCUT2D eigenvalue weighted by molar-refractivity contribution is 0.174. The van der Waals surface area contributed by atoms with Crippen LogP contribution in [-0.4, -0.2) is 21.6 Å². The summed E-state index contributed by atoms with van der Waals surface area (Å²) in [6.45, 7) is 2.30. The number of aromatic nitrogens is 3. The van der Waals surface area contributed by atoms with Gasteiger partial charge in [0, 0.05) is 11.6 Å². The molecule has 0 atom stereocenters. The molecule has 6 heteroatoms. The molecule has 1 aromatic heterocycles. The molecule has 1 aliphatic heterocycles. The first kappa shape index (κ1) is 13.1. The van der Waals surface area contributed by atoms with E-state index in [1.807, 2.05) is 34.9 Å². The number of fused-ring (bicyclic) bond motifs is 1. The predicted octanol–water partition coefficient (Wildman–Crippen LogP) is 3.63. The van der Waals surface area contributed by atoms with Crippen LogP contribution in [0.25, 0.3) is 17.1 Å². The average molecular weight is 311 g/mol. The van der Waals surface area contributed by atoms with Crippen LogP contribution in [0.3, 0.4) is 0 Å². The zero-order valence-electron chi connectivity index (χ0n) is 11.9. The molecule has 2 aromatic carbocycles. The number of ether oxygens (including phenoxy) is 2. The van der Waals surface area contributed by atoms with Gasteiger partial charge in [0.1, 0.15) is 0 Å². The second-order valence-corrected chi connectivity index (χ2v) is 5.48. The molecule has 0 aliphatic carbocycles. The van der Waals surface area contributed by atoms with Gasteiger partial charge in [0.05, 0.1) is 5.69 Å². The van der Waals surface area contributed by atoms with E-state index in [2.05, 4.69) is 29.3 Å². The lowest BCUT2D eigenvalue weighted by Crippen LogP contribution is -1.98. The highest BCUT2D eigenvalue weighted by Crippen LogP contribution is 2.34. The summed E-state index contributed by atoms with van der Waals surface area (Å²) in [5.74, 6) is 2.23. The lowest BCUT2D eigenvalue weighted by atomic mass is 10.1.